The number of nitriles is 1. The summed E-state index contributed by atoms with van der Waals surface area (Å²) in [6, 6.07) is 12.0. The highest BCUT2D eigenvalue weighted by Gasteiger charge is 2.15. The lowest BCUT2D eigenvalue weighted by molar-refractivity contribution is 0.914. The van der Waals surface area contributed by atoms with Crippen molar-refractivity contribution in [3.05, 3.63) is 52.4 Å². The number of fused-ring (bicyclic) bond motifs is 1. The summed E-state index contributed by atoms with van der Waals surface area (Å²) in [4.78, 5) is 9.00. The van der Waals surface area contributed by atoms with Gasteiger partial charge >= 0.3 is 0 Å². The van der Waals surface area contributed by atoms with E-state index in [1.54, 1.807) is 0 Å². The second kappa shape index (κ2) is 5.06. The van der Waals surface area contributed by atoms with Crippen LogP contribution >= 0.6 is 15.9 Å². The van der Waals surface area contributed by atoms with Gasteiger partial charge in [0.1, 0.15) is 5.82 Å². The van der Waals surface area contributed by atoms with Crippen LogP contribution in [0, 0.1) is 18.3 Å². The minimum absolute atomic E-state index is 0.247. The molecule has 0 amide bonds. The van der Waals surface area contributed by atoms with Gasteiger partial charge in [0, 0.05) is 6.20 Å². The van der Waals surface area contributed by atoms with Crippen LogP contribution in [-0.2, 0) is 6.42 Å². The Morgan fingerprint density at radius 3 is 2.90 bits per heavy atom. The number of pyridine rings is 1. The lowest BCUT2D eigenvalue weighted by Gasteiger charge is -2.09. The molecule has 0 aliphatic carbocycles. The molecule has 4 nitrogen and oxygen atoms in total. The van der Waals surface area contributed by atoms with Gasteiger partial charge in [0.25, 0.3) is 0 Å². The minimum Gasteiger partial charge on any atom is -0.278 e. The highest BCUT2D eigenvalue weighted by Crippen LogP contribution is 2.26. The van der Waals surface area contributed by atoms with Gasteiger partial charge < -0.3 is 0 Å². The van der Waals surface area contributed by atoms with E-state index in [9.17, 15) is 0 Å². The summed E-state index contributed by atoms with van der Waals surface area (Å²) >= 11 is 3.55. The first-order valence-corrected chi connectivity index (χ1v) is 6.96. The van der Waals surface area contributed by atoms with Crippen molar-refractivity contribution in [2.75, 3.05) is 0 Å². The molecule has 0 bridgehead atoms. The third kappa shape index (κ3) is 2.08. The number of para-hydroxylation sites is 2. The van der Waals surface area contributed by atoms with Crippen LogP contribution in [0.4, 0.5) is 0 Å². The molecule has 0 unspecified atom stereocenters. The molecule has 0 aliphatic heterocycles. The van der Waals surface area contributed by atoms with Crippen LogP contribution in [0.25, 0.3) is 16.9 Å². The van der Waals surface area contributed by atoms with Crippen molar-refractivity contribution in [3.8, 4) is 11.9 Å². The third-order valence-corrected chi connectivity index (χ3v) is 3.62. The normalized spacial score (nSPS) is 10.7. The molecule has 1 aromatic carbocycles. The molecule has 0 saturated carbocycles. The predicted molar refractivity (Wildman–Crippen MR) is 80.6 cm³/mol. The quantitative estimate of drug-likeness (QED) is 0.723. The fourth-order valence-electron chi connectivity index (χ4n) is 2.19. The number of rotatable bonds is 2. The van der Waals surface area contributed by atoms with Crippen molar-refractivity contribution in [2.45, 2.75) is 13.3 Å². The number of aryl methyl sites for hydroxylation is 1. The fraction of sp³-hybridized carbons (Fsp3) is 0.133. The molecular formula is C15H11BrN4. The molecule has 0 saturated heterocycles. The van der Waals surface area contributed by atoms with Crippen molar-refractivity contribution in [3.63, 3.8) is 0 Å². The summed E-state index contributed by atoms with van der Waals surface area (Å²) in [5, 5.41) is 8.99. The maximum Gasteiger partial charge on any atom is 0.152 e. The number of halogens is 1. The molecule has 0 radical (unpaired) electrons. The molecule has 2 heterocycles. The summed E-state index contributed by atoms with van der Waals surface area (Å²) < 4.78 is 2.82. The molecule has 0 N–H and O–H groups in total. The van der Waals surface area contributed by atoms with Gasteiger partial charge in [0.05, 0.1) is 28.0 Å². The lowest BCUT2D eigenvalue weighted by Crippen LogP contribution is -2.04. The van der Waals surface area contributed by atoms with E-state index in [0.29, 0.717) is 5.82 Å². The lowest BCUT2D eigenvalue weighted by atomic mass is 10.3. The summed E-state index contributed by atoms with van der Waals surface area (Å²) in [7, 11) is 0. The monoisotopic (exact) mass is 326 g/mol. The van der Waals surface area contributed by atoms with Crippen LogP contribution < -0.4 is 0 Å². The van der Waals surface area contributed by atoms with Crippen LogP contribution in [0.5, 0.6) is 0 Å². The Kier molecular flexibility index (Phi) is 3.25. The highest BCUT2D eigenvalue weighted by molar-refractivity contribution is 9.10. The van der Waals surface area contributed by atoms with Gasteiger partial charge in [0.2, 0.25) is 0 Å². The molecule has 3 rings (SSSR count). The van der Waals surface area contributed by atoms with Crippen LogP contribution in [-0.4, -0.2) is 14.5 Å². The molecule has 2 aromatic heterocycles. The Balaban J connectivity index is 2.33. The summed E-state index contributed by atoms with van der Waals surface area (Å²) in [6.07, 6.45) is 2.06. The number of imidazole rings is 1. The van der Waals surface area contributed by atoms with Gasteiger partial charge in [0.15, 0.2) is 5.82 Å². The molecule has 0 aliphatic rings. The molecule has 98 valence electrons. The topological polar surface area (TPSA) is 54.5 Å². The summed E-state index contributed by atoms with van der Waals surface area (Å²) in [5.41, 5.74) is 2.90. The first-order chi connectivity index (χ1) is 9.70. The van der Waals surface area contributed by atoms with Crippen molar-refractivity contribution in [1.82, 2.24) is 14.5 Å². The zero-order valence-electron chi connectivity index (χ0n) is 10.8. The van der Waals surface area contributed by atoms with Crippen molar-refractivity contribution >= 4 is 27.0 Å². The number of benzene rings is 1. The van der Waals surface area contributed by atoms with Crippen molar-refractivity contribution in [2.24, 2.45) is 0 Å². The van der Waals surface area contributed by atoms with E-state index in [-0.39, 0.29) is 6.42 Å². The average molecular weight is 327 g/mol. The zero-order chi connectivity index (χ0) is 14.1. The molecule has 3 aromatic rings. The van der Waals surface area contributed by atoms with Gasteiger partial charge in [-0.15, -0.1) is 0 Å². The SMILES string of the molecule is Cc1cnc(-n2c(CC#N)nc3ccccc32)c(Br)c1. The van der Waals surface area contributed by atoms with E-state index >= 15 is 0 Å². The molecular weight excluding hydrogens is 316 g/mol. The van der Waals surface area contributed by atoms with Gasteiger partial charge in [-0.1, -0.05) is 12.1 Å². The molecule has 0 atom stereocenters. The number of hydrogen-bond acceptors (Lipinski definition) is 3. The largest absolute Gasteiger partial charge is 0.278 e. The summed E-state index contributed by atoms with van der Waals surface area (Å²) in [5.74, 6) is 1.46. The first kappa shape index (κ1) is 12.8. The molecule has 0 fully saturated rings. The fourth-order valence-corrected chi connectivity index (χ4v) is 2.83. The van der Waals surface area contributed by atoms with Gasteiger partial charge in [-0.2, -0.15) is 5.26 Å². The Labute approximate surface area is 124 Å². The number of aromatic nitrogens is 3. The predicted octanol–water partition coefficient (Wildman–Crippen LogP) is 3.56. The maximum absolute atomic E-state index is 8.99. The minimum atomic E-state index is 0.247. The summed E-state index contributed by atoms with van der Waals surface area (Å²) in [6.45, 7) is 1.99. The average Bonchev–Trinajstić information content (AvgIpc) is 2.78. The second-order valence-corrected chi connectivity index (χ2v) is 5.36. The zero-order valence-corrected chi connectivity index (χ0v) is 12.4. The Morgan fingerprint density at radius 2 is 2.15 bits per heavy atom. The highest BCUT2D eigenvalue weighted by atomic mass is 79.9. The van der Waals surface area contributed by atoms with Crippen molar-refractivity contribution < 1.29 is 0 Å². The van der Waals surface area contributed by atoms with Gasteiger partial charge in [-0.05, 0) is 46.6 Å². The van der Waals surface area contributed by atoms with E-state index in [1.807, 2.05) is 48.0 Å². The first-order valence-electron chi connectivity index (χ1n) is 6.16. The smallest absolute Gasteiger partial charge is 0.152 e. The van der Waals surface area contributed by atoms with Crippen LogP contribution in [0.1, 0.15) is 11.4 Å². The Bertz CT molecular complexity index is 829. The Morgan fingerprint density at radius 1 is 1.35 bits per heavy atom. The van der Waals surface area contributed by atoms with Gasteiger partial charge in [-0.3, -0.25) is 4.57 Å². The maximum atomic E-state index is 8.99. The van der Waals surface area contributed by atoms with Crippen LogP contribution in [0.15, 0.2) is 41.0 Å². The van der Waals surface area contributed by atoms with E-state index in [0.717, 1.165) is 26.9 Å². The van der Waals surface area contributed by atoms with Crippen LogP contribution in [0.3, 0.4) is 0 Å². The van der Waals surface area contributed by atoms with Crippen molar-refractivity contribution in [1.29, 1.82) is 5.26 Å². The third-order valence-electron chi connectivity index (χ3n) is 3.04. The molecule has 20 heavy (non-hydrogen) atoms. The molecule has 0 spiro atoms. The van der Waals surface area contributed by atoms with Gasteiger partial charge in [-0.25, -0.2) is 9.97 Å². The van der Waals surface area contributed by atoms with E-state index in [2.05, 4.69) is 32.0 Å². The Hall–Kier alpha value is -2.19. The number of hydrogen-bond donors (Lipinski definition) is 0. The second-order valence-electron chi connectivity index (χ2n) is 4.51. The van der Waals surface area contributed by atoms with E-state index < -0.39 is 0 Å². The van der Waals surface area contributed by atoms with Crippen LogP contribution in [0.2, 0.25) is 0 Å². The standard InChI is InChI=1S/C15H11BrN4/c1-10-8-11(16)15(18-9-10)20-13-5-3-2-4-12(13)19-14(20)6-7-17/h2-5,8-9H,6H2,1H3. The molecule has 5 heteroatoms. The number of nitrogens with zero attached hydrogens (tertiary/aromatic N) is 4. The van der Waals surface area contributed by atoms with E-state index in [4.69, 9.17) is 5.26 Å². The van der Waals surface area contributed by atoms with E-state index in [1.165, 1.54) is 0 Å².